The number of amides is 1. The van der Waals surface area contributed by atoms with E-state index >= 15 is 0 Å². The van der Waals surface area contributed by atoms with Gasteiger partial charge in [-0.2, -0.15) is 0 Å². The number of para-hydroxylation sites is 1. The second kappa shape index (κ2) is 6.89. The van der Waals surface area contributed by atoms with Crippen LogP contribution in [0.5, 0.6) is 0 Å². The summed E-state index contributed by atoms with van der Waals surface area (Å²) in [6.07, 6.45) is 0. The van der Waals surface area contributed by atoms with E-state index in [0.29, 0.717) is 12.1 Å². The Morgan fingerprint density at radius 1 is 1.13 bits per heavy atom. The summed E-state index contributed by atoms with van der Waals surface area (Å²) in [6.45, 7) is 10.1. The Kier molecular flexibility index (Phi) is 4.87. The lowest BCUT2D eigenvalue weighted by atomic mass is 10.1. The molecule has 23 heavy (non-hydrogen) atoms. The standard InChI is InChI=1S/C18H28N4O/c1-14(2)19-17-7-5-4-6-16(17)18(23)22-11-10-21-9-8-20(3)12-15(21)13-22/h4-7,14-15,19H,8-13H2,1-3H3/t15-/m1/s1. The summed E-state index contributed by atoms with van der Waals surface area (Å²) in [4.78, 5) is 19.9. The molecule has 1 amide bonds. The summed E-state index contributed by atoms with van der Waals surface area (Å²) in [5.41, 5.74) is 1.73. The maximum Gasteiger partial charge on any atom is 0.256 e. The lowest BCUT2D eigenvalue weighted by Crippen LogP contribution is -2.62. The van der Waals surface area contributed by atoms with Crippen LogP contribution in [0.4, 0.5) is 5.69 Å². The van der Waals surface area contributed by atoms with Crippen molar-refractivity contribution >= 4 is 11.6 Å². The third-order valence-corrected chi connectivity index (χ3v) is 4.78. The van der Waals surface area contributed by atoms with E-state index in [1.807, 2.05) is 29.2 Å². The fourth-order valence-electron chi connectivity index (χ4n) is 3.57. The highest BCUT2D eigenvalue weighted by molar-refractivity contribution is 5.99. The molecule has 2 aliphatic rings. The second-order valence-corrected chi connectivity index (χ2v) is 7.05. The van der Waals surface area contributed by atoms with E-state index < -0.39 is 0 Å². The summed E-state index contributed by atoms with van der Waals surface area (Å²) >= 11 is 0. The average molecular weight is 316 g/mol. The van der Waals surface area contributed by atoms with Gasteiger partial charge in [-0.3, -0.25) is 9.69 Å². The normalized spacial score (nSPS) is 23.0. The first kappa shape index (κ1) is 16.3. The van der Waals surface area contributed by atoms with E-state index in [1.165, 1.54) is 0 Å². The van der Waals surface area contributed by atoms with Crippen molar-refractivity contribution < 1.29 is 4.79 Å². The topological polar surface area (TPSA) is 38.8 Å². The number of rotatable bonds is 3. The number of hydrogen-bond acceptors (Lipinski definition) is 4. The van der Waals surface area contributed by atoms with Crippen LogP contribution in [-0.2, 0) is 0 Å². The zero-order valence-electron chi connectivity index (χ0n) is 14.5. The van der Waals surface area contributed by atoms with Gasteiger partial charge in [-0.25, -0.2) is 0 Å². The SMILES string of the molecule is CC(C)Nc1ccccc1C(=O)N1CCN2CCN(C)C[C@@H]2C1. The Morgan fingerprint density at radius 2 is 1.87 bits per heavy atom. The van der Waals surface area contributed by atoms with Gasteiger partial charge in [-0.05, 0) is 33.0 Å². The summed E-state index contributed by atoms with van der Waals surface area (Å²) < 4.78 is 0. The Balaban J connectivity index is 1.73. The summed E-state index contributed by atoms with van der Waals surface area (Å²) in [5.74, 6) is 0.154. The molecule has 1 atom stereocenters. The molecular weight excluding hydrogens is 288 g/mol. The van der Waals surface area contributed by atoms with Crippen LogP contribution in [-0.4, -0.2) is 79.0 Å². The first-order valence-electron chi connectivity index (χ1n) is 8.62. The third-order valence-electron chi connectivity index (χ3n) is 4.78. The second-order valence-electron chi connectivity index (χ2n) is 7.05. The smallest absolute Gasteiger partial charge is 0.256 e. The Morgan fingerprint density at radius 3 is 2.65 bits per heavy atom. The molecule has 5 nitrogen and oxygen atoms in total. The van der Waals surface area contributed by atoms with Crippen molar-refractivity contribution in [2.75, 3.05) is 51.6 Å². The van der Waals surface area contributed by atoms with Crippen LogP contribution in [0.2, 0.25) is 0 Å². The number of fused-ring (bicyclic) bond motifs is 1. The van der Waals surface area contributed by atoms with Crippen LogP contribution in [0.3, 0.4) is 0 Å². The number of carbonyl (C=O) groups is 1. The van der Waals surface area contributed by atoms with Gasteiger partial charge < -0.3 is 15.1 Å². The minimum Gasteiger partial charge on any atom is -0.382 e. The van der Waals surface area contributed by atoms with Crippen molar-refractivity contribution in [3.05, 3.63) is 29.8 Å². The Labute approximate surface area is 139 Å². The molecule has 126 valence electrons. The average Bonchev–Trinajstić information content (AvgIpc) is 2.53. The number of nitrogens with zero attached hydrogens (tertiary/aromatic N) is 3. The van der Waals surface area contributed by atoms with Crippen LogP contribution in [0, 0.1) is 0 Å². The van der Waals surface area contributed by atoms with Gasteiger partial charge in [0, 0.05) is 57.0 Å². The molecule has 2 fully saturated rings. The molecule has 1 aromatic carbocycles. The number of nitrogens with one attached hydrogen (secondary N) is 1. The number of anilines is 1. The molecule has 0 aliphatic carbocycles. The predicted octanol–water partition coefficient (Wildman–Crippen LogP) is 1.58. The quantitative estimate of drug-likeness (QED) is 0.919. The Bertz CT molecular complexity index is 560. The van der Waals surface area contributed by atoms with Crippen molar-refractivity contribution in [1.82, 2.24) is 14.7 Å². The number of likely N-dealkylation sites (N-methyl/N-ethyl adjacent to an activating group) is 1. The molecule has 0 bridgehead atoms. The number of piperazine rings is 2. The number of hydrogen-bond donors (Lipinski definition) is 1. The van der Waals surface area contributed by atoms with E-state index in [4.69, 9.17) is 0 Å². The predicted molar refractivity (Wildman–Crippen MR) is 94.0 cm³/mol. The summed E-state index contributed by atoms with van der Waals surface area (Å²) in [6, 6.07) is 8.65. The van der Waals surface area contributed by atoms with E-state index in [9.17, 15) is 4.79 Å². The van der Waals surface area contributed by atoms with Gasteiger partial charge in [0.25, 0.3) is 5.91 Å². The van der Waals surface area contributed by atoms with Crippen LogP contribution in [0.25, 0.3) is 0 Å². The molecule has 1 aromatic rings. The molecular formula is C18H28N4O. The van der Waals surface area contributed by atoms with Gasteiger partial charge in [0.15, 0.2) is 0 Å². The molecule has 0 unspecified atom stereocenters. The zero-order valence-corrected chi connectivity index (χ0v) is 14.5. The first-order chi connectivity index (χ1) is 11.0. The molecule has 2 aliphatic heterocycles. The van der Waals surface area contributed by atoms with Crippen molar-refractivity contribution in [3.63, 3.8) is 0 Å². The van der Waals surface area contributed by atoms with Crippen molar-refractivity contribution in [1.29, 1.82) is 0 Å². The van der Waals surface area contributed by atoms with E-state index in [2.05, 4.69) is 36.0 Å². The van der Waals surface area contributed by atoms with Gasteiger partial charge in [0.1, 0.15) is 0 Å². The van der Waals surface area contributed by atoms with Gasteiger partial charge in [0.05, 0.1) is 5.56 Å². The maximum absolute atomic E-state index is 13.0. The lowest BCUT2D eigenvalue weighted by molar-refractivity contribution is 0.0190. The zero-order chi connectivity index (χ0) is 16.4. The lowest BCUT2D eigenvalue weighted by Gasteiger charge is -2.46. The maximum atomic E-state index is 13.0. The number of benzene rings is 1. The van der Waals surface area contributed by atoms with Crippen molar-refractivity contribution in [2.24, 2.45) is 0 Å². The molecule has 0 spiro atoms. The fraction of sp³-hybridized carbons (Fsp3) is 0.611. The molecule has 5 heteroatoms. The largest absolute Gasteiger partial charge is 0.382 e. The highest BCUT2D eigenvalue weighted by atomic mass is 16.2. The summed E-state index contributed by atoms with van der Waals surface area (Å²) in [7, 11) is 2.17. The molecule has 1 N–H and O–H groups in total. The minimum atomic E-state index is 0.154. The van der Waals surface area contributed by atoms with Gasteiger partial charge in [0.2, 0.25) is 0 Å². The highest BCUT2D eigenvalue weighted by Gasteiger charge is 2.33. The minimum absolute atomic E-state index is 0.154. The molecule has 0 aromatic heterocycles. The van der Waals surface area contributed by atoms with E-state index in [0.717, 1.165) is 50.5 Å². The van der Waals surface area contributed by atoms with Crippen molar-refractivity contribution in [3.8, 4) is 0 Å². The van der Waals surface area contributed by atoms with E-state index in [-0.39, 0.29) is 5.91 Å². The van der Waals surface area contributed by atoms with Crippen LogP contribution in [0.15, 0.2) is 24.3 Å². The third kappa shape index (κ3) is 3.67. The van der Waals surface area contributed by atoms with Crippen LogP contribution >= 0.6 is 0 Å². The molecule has 2 saturated heterocycles. The highest BCUT2D eigenvalue weighted by Crippen LogP contribution is 2.21. The van der Waals surface area contributed by atoms with E-state index in [1.54, 1.807) is 0 Å². The van der Waals surface area contributed by atoms with Gasteiger partial charge in [-0.15, -0.1) is 0 Å². The molecule has 0 radical (unpaired) electrons. The fourth-order valence-corrected chi connectivity index (χ4v) is 3.57. The Hall–Kier alpha value is -1.59. The van der Waals surface area contributed by atoms with Gasteiger partial charge in [-0.1, -0.05) is 12.1 Å². The molecule has 3 rings (SSSR count). The van der Waals surface area contributed by atoms with Crippen molar-refractivity contribution in [2.45, 2.75) is 25.9 Å². The number of carbonyl (C=O) groups excluding carboxylic acids is 1. The van der Waals surface area contributed by atoms with Crippen LogP contribution < -0.4 is 5.32 Å². The molecule has 0 saturated carbocycles. The summed E-state index contributed by atoms with van der Waals surface area (Å²) in [5, 5.41) is 3.39. The monoisotopic (exact) mass is 316 g/mol. The first-order valence-corrected chi connectivity index (χ1v) is 8.62. The van der Waals surface area contributed by atoms with Crippen LogP contribution in [0.1, 0.15) is 24.2 Å². The molecule has 2 heterocycles. The van der Waals surface area contributed by atoms with Gasteiger partial charge >= 0.3 is 0 Å².